The van der Waals surface area contributed by atoms with Crippen molar-refractivity contribution in [2.24, 2.45) is 0 Å². The minimum Gasteiger partial charge on any atom is -0.495 e. The van der Waals surface area contributed by atoms with Crippen molar-refractivity contribution in [3.05, 3.63) is 42.0 Å². The second-order valence-corrected chi connectivity index (χ2v) is 4.20. The fraction of sp³-hybridized carbons (Fsp3) is 0.200. The van der Waals surface area contributed by atoms with Crippen LogP contribution in [0.1, 0.15) is 16.1 Å². The van der Waals surface area contributed by atoms with E-state index in [2.05, 4.69) is 16.2 Å². The Balaban J connectivity index is 2.33. The number of aryl methyl sites for hydroxylation is 1. The minimum absolute atomic E-state index is 0.198. The molecule has 0 aliphatic heterocycles. The van der Waals surface area contributed by atoms with E-state index in [0.717, 1.165) is 11.4 Å². The SMILES string of the molecule is C#CCNC(=O)c1ccc(-n2cnc(C)c2)c(OC)c1. The van der Waals surface area contributed by atoms with Gasteiger partial charge < -0.3 is 14.6 Å². The number of hydrogen-bond acceptors (Lipinski definition) is 3. The van der Waals surface area contributed by atoms with Crippen LogP contribution in [0.5, 0.6) is 5.75 Å². The third-order valence-electron chi connectivity index (χ3n) is 2.78. The number of carbonyl (C=O) groups is 1. The van der Waals surface area contributed by atoms with Crippen LogP contribution in [0.25, 0.3) is 5.69 Å². The van der Waals surface area contributed by atoms with Gasteiger partial charge in [0.1, 0.15) is 5.75 Å². The second-order valence-electron chi connectivity index (χ2n) is 4.20. The molecule has 0 radical (unpaired) electrons. The van der Waals surface area contributed by atoms with Crippen molar-refractivity contribution in [1.82, 2.24) is 14.9 Å². The average molecular weight is 269 g/mol. The van der Waals surface area contributed by atoms with Crippen molar-refractivity contribution in [2.45, 2.75) is 6.92 Å². The van der Waals surface area contributed by atoms with Crippen LogP contribution in [0.4, 0.5) is 0 Å². The van der Waals surface area contributed by atoms with Gasteiger partial charge in [-0.2, -0.15) is 0 Å². The Morgan fingerprint density at radius 2 is 2.35 bits per heavy atom. The predicted octanol–water partition coefficient (Wildman–Crippen LogP) is 1.55. The summed E-state index contributed by atoms with van der Waals surface area (Å²) in [4.78, 5) is 16.0. The number of terminal acetylenes is 1. The standard InChI is InChI=1S/C15H15N3O2/c1-4-7-16-15(19)12-5-6-13(14(8-12)20-3)18-9-11(2)17-10-18/h1,5-6,8-10H,7H2,2-3H3,(H,16,19). The Labute approximate surface area is 117 Å². The molecule has 0 unspecified atom stereocenters. The van der Waals surface area contributed by atoms with Crippen LogP contribution in [-0.4, -0.2) is 29.1 Å². The number of nitrogens with one attached hydrogen (secondary N) is 1. The summed E-state index contributed by atoms with van der Waals surface area (Å²) in [5, 5.41) is 2.61. The van der Waals surface area contributed by atoms with Gasteiger partial charge in [-0.25, -0.2) is 4.98 Å². The number of rotatable bonds is 4. The Hall–Kier alpha value is -2.74. The Morgan fingerprint density at radius 3 is 2.95 bits per heavy atom. The molecule has 1 aromatic heterocycles. The van der Waals surface area contributed by atoms with Crippen LogP contribution < -0.4 is 10.1 Å². The van der Waals surface area contributed by atoms with Gasteiger partial charge >= 0.3 is 0 Å². The zero-order chi connectivity index (χ0) is 14.5. The molecule has 0 aliphatic rings. The number of imidazole rings is 1. The maximum Gasteiger partial charge on any atom is 0.252 e. The van der Waals surface area contributed by atoms with Crippen LogP contribution in [0.3, 0.4) is 0 Å². The summed E-state index contributed by atoms with van der Waals surface area (Å²) in [5.74, 6) is 2.73. The first kappa shape index (κ1) is 13.7. The molecule has 5 heteroatoms. The first-order chi connectivity index (χ1) is 9.65. The first-order valence-corrected chi connectivity index (χ1v) is 6.06. The molecular weight excluding hydrogens is 254 g/mol. The third kappa shape index (κ3) is 2.81. The monoisotopic (exact) mass is 269 g/mol. The van der Waals surface area contributed by atoms with Crippen LogP contribution >= 0.6 is 0 Å². The van der Waals surface area contributed by atoms with Crippen LogP contribution in [0, 0.1) is 19.3 Å². The van der Waals surface area contributed by atoms with E-state index in [0.29, 0.717) is 11.3 Å². The fourth-order valence-electron chi connectivity index (χ4n) is 1.82. The van der Waals surface area contributed by atoms with E-state index >= 15 is 0 Å². The largest absolute Gasteiger partial charge is 0.495 e. The van der Waals surface area contributed by atoms with Gasteiger partial charge in [-0.3, -0.25) is 4.79 Å². The summed E-state index contributed by atoms with van der Waals surface area (Å²) in [5.41, 5.74) is 2.22. The van der Waals surface area contributed by atoms with Crippen molar-refractivity contribution in [2.75, 3.05) is 13.7 Å². The van der Waals surface area contributed by atoms with Crippen molar-refractivity contribution >= 4 is 5.91 Å². The van der Waals surface area contributed by atoms with Gasteiger partial charge in [0.05, 0.1) is 31.4 Å². The van der Waals surface area contributed by atoms with E-state index in [1.165, 1.54) is 0 Å². The van der Waals surface area contributed by atoms with Gasteiger partial charge in [0, 0.05) is 11.8 Å². The number of carbonyl (C=O) groups excluding carboxylic acids is 1. The third-order valence-corrected chi connectivity index (χ3v) is 2.78. The van der Waals surface area contributed by atoms with Crippen molar-refractivity contribution < 1.29 is 9.53 Å². The molecule has 20 heavy (non-hydrogen) atoms. The Bertz CT molecular complexity index is 668. The second kappa shape index (κ2) is 5.93. The zero-order valence-corrected chi connectivity index (χ0v) is 11.4. The highest BCUT2D eigenvalue weighted by atomic mass is 16.5. The molecule has 0 aliphatic carbocycles. The molecular formula is C15H15N3O2. The van der Waals surface area contributed by atoms with Crippen molar-refractivity contribution in [3.8, 4) is 23.8 Å². The predicted molar refractivity (Wildman–Crippen MR) is 76.0 cm³/mol. The molecule has 1 N–H and O–H groups in total. The molecule has 0 atom stereocenters. The number of ether oxygens (including phenoxy) is 1. The lowest BCUT2D eigenvalue weighted by Crippen LogP contribution is -2.23. The van der Waals surface area contributed by atoms with E-state index in [-0.39, 0.29) is 12.5 Å². The minimum atomic E-state index is -0.227. The fourth-order valence-corrected chi connectivity index (χ4v) is 1.82. The summed E-state index contributed by atoms with van der Waals surface area (Å²) >= 11 is 0. The van der Waals surface area contributed by atoms with E-state index in [9.17, 15) is 4.79 Å². The molecule has 1 heterocycles. The lowest BCUT2D eigenvalue weighted by atomic mass is 10.1. The van der Waals surface area contributed by atoms with Crippen molar-refractivity contribution in [3.63, 3.8) is 0 Å². The molecule has 0 saturated heterocycles. The molecule has 1 amide bonds. The van der Waals surface area contributed by atoms with Gasteiger partial charge in [0.25, 0.3) is 5.91 Å². The molecule has 5 nitrogen and oxygen atoms in total. The van der Waals surface area contributed by atoms with E-state index < -0.39 is 0 Å². The lowest BCUT2D eigenvalue weighted by Gasteiger charge is -2.11. The summed E-state index contributed by atoms with van der Waals surface area (Å²) in [6, 6.07) is 5.21. The molecule has 1 aromatic carbocycles. The molecule has 0 spiro atoms. The lowest BCUT2D eigenvalue weighted by molar-refractivity contribution is 0.0958. The van der Waals surface area contributed by atoms with E-state index in [1.54, 1.807) is 25.6 Å². The number of hydrogen-bond donors (Lipinski definition) is 1. The Kier molecular flexibility index (Phi) is 4.06. The van der Waals surface area contributed by atoms with Gasteiger partial charge in [-0.15, -0.1) is 6.42 Å². The van der Waals surface area contributed by atoms with Gasteiger partial charge in [0.2, 0.25) is 0 Å². The first-order valence-electron chi connectivity index (χ1n) is 6.06. The molecule has 2 aromatic rings. The number of nitrogens with zero attached hydrogens (tertiary/aromatic N) is 2. The maximum absolute atomic E-state index is 11.8. The topological polar surface area (TPSA) is 56.2 Å². The van der Waals surface area contributed by atoms with Gasteiger partial charge in [-0.05, 0) is 25.1 Å². The molecule has 102 valence electrons. The number of methoxy groups -OCH3 is 1. The summed E-state index contributed by atoms with van der Waals surface area (Å²) in [6.45, 7) is 2.11. The van der Waals surface area contributed by atoms with Crippen LogP contribution in [0.2, 0.25) is 0 Å². The quantitative estimate of drug-likeness (QED) is 0.857. The average Bonchev–Trinajstić information content (AvgIpc) is 2.90. The van der Waals surface area contributed by atoms with Gasteiger partial charge in [0.15, 0.2) is 0 Å². The normalized spacial score (nSPS) is 9.85. The van der Waals surface area contributed by atoms with Crippen LogP contribution in [0.15, 0.2) is 30.7 Å². The summed E-state index contributed by atoms with van der Waals surface area (Å²) in [6.07, 6.45) is 8.70. The smallest absolute Gasteiger partial charge is 0.252 e. The van der Waals surface area contributed by atoms with E-state index in [1.807, 2.05) is 23.8 Å². The van der Waals surface area contributed by atoms with Gasteiger partial charge in [-0.1, -0.05) is 5.92 Å². The molecule has 0 saturated carbocycles. The van der Waals surface area contributed by atoms with E-state index in [4.69, 9.17) is 11.2 Å². The highest BCUT2D eigenvalue weighted by molar-refractivity contribution is 5.95. The highest BCUT2D eigenvalue weighted by Crippen LogP contribution is 2.24. The molecule has 2 rings (SSSR count). The number of aromatic nitrogens is 2. The van der Waals surface area contributed by atoms with Crippen LogP contribution in [-0.2, 0) is 0 Å². The number of benzene rings is 1. The van der Waals surface area contributed by atoms with Crippen molar-refractivity contribution in [1.29, 1.82) is 0 Å². The Morgan fingerprint density at radius 1 is 1.55 bits per heavy atom. The summed E-state index contributed by atoms with van der Waals surface area (Å²) < 4.78 is 7.18. The zero-order valence-electron chi connectivity index (χ0n) is 11.4. The summed E-state index contributed by atoms with van der Waals surface area (Å²) in [7, 11) is 1.56. The maximum atomic E-state index is 11.8. The molecule has 0 bridgehead atoms. The number of amides is 1. The molecule has 0 fully saturated rings. The highest BCUT2D eigenvalue weighted by Gasteiger charge is 2.11.